The van der Waals surface area contributed by atoms with Crippen molar-refractivity contribution in [1.82, 2.24) is 25.0 Å². The van der Waals surface area contributed by atoms with E-state index < -0.39 is 0 Å². The van der Waals surface area contributed by atoms with Crippen LogP contribution in [-0.4, -0.2) is 65.1 Å². The summed E-state index contributed by atoms with van der Waals surface area (Å²) in [6, 6.07) is 9.80. The van der Waals surface area contributed by atoms with Gasteiger partial charge in [0.2, 0.25) is 0 Å². The average Bonchev–Trinajstić information content (AvgIpc) is 3.58. The predicted molar refractivity (Wildman–Crippen MR) is 134 cm³/mol. The Morgan fingerprint density at radius 3 is 2.76 bits per heavy atom. The van der Waals surface area contributed by atoms with Gasteiger partial charge in [-0.1, -0.05) is 18.2 Å². The predicted octanol–water partition coefficient (Wildman–Crippen LogP) is 3.67. The first-order valence-corrected chi connectivity index (χ1v) is 12.7. The fourth-order valence-corrected chi connectivity index (χ4v) is 6.26. The molecule has 3 heterocycles. The third-order valence-corrected chi connectivity index (χ3v) is 7.94. The molecule has 1 saturated heterocycles. The van der Waals surface area contributed by atoms with Gasteiger partial charge in [0.05, 0.1) is 34.7 Å². The number of para-hydroxylation sites is 1. The number of ether oxygens (including phenoxy) is 1. The fourth-order valence-electron chi connectivity index (χ4n) is 5.18. The minimum absolute atomic E-state index is 0.00319. The molecule has 0 saturated carbocycles. The number of thiazole rings is 1. The van der Waals surface area contributed by atoms with Gasteiger partial charge < -0.3 is 10.1 Å². The van der Waals surface area contributed by atoms with Gasteiger partial charge >= 0.3 is 6.03 Å². The highest BCUT2D eigenvalue weighted by Gasteiger charge is 2.37. The Morgan fingerprint density at radius 1 is 1.21 bits per heavy atom. The third-order valence-electron chi connectivity index (χ3n) is 6.74. The van der Waals surface area contributed by atoms with Crippen molar-refractivity contribution in [2.24, 2.45) is 0 Å². The Bertz CT molecular complexity index is 1160. The lowest BCUT2D eigenvalue weighted by atomic mass is 10.0. The van der Waals surface area contributed by atoms with Crippen molar-refractivity contribution >= 4 is 23.2 Å². The molecule has 9 heteroatoms. The molecule has 2 aromatic heterocycles. The van der Waals surface area contributed by atoms with E-state index >= 15 is 0 Å². The molecular weight excluding hydrogens is 448 g/mol. The molecule has 1 fully saturated rings. The van der Waals surface area contributed by atoms with Gasteiger partial charge in [-0.3, -0.25) is 10.2 Å². The molecule has 1 unspecified atom stereocenters. The monoisotopic (exact) mass is 480 g/mol. The van der Waals surface area contributed by atoms with E-state index in [1.54, 1.807) is 18.4 Å². The molecule has 0 radical (unpaired) electrons. The molecule has 2 aliphatic rings. The van der Waals surface area contributed by atoms with Crippen molar-refractivity contribution in [2.45, 2.75) is 45.1 Å². The van der Waals surface area contributed by atoms with Gasteiger partial charge in [-0.05, 0) is 45.2 Å². The van der Waals surface area contributed by atoms with Crippen LogP contribution in [0.2, 0.25) is 0 Å². The number of aryl methyl sites for hydroxylation is 3. The lowest BCUT2D eigenvalue weighted by Crippen LogP contribution is -2.42. The molecule has 2 amide bonds. The maximum absolute atomic E-state index is 13.3. The average molecular weight is 481 g/mol. The summed E-state index contributed by atoms with van der Waals surface area (Å²) >= 11 is 1.73. The second-order valence-corrected chi connectivity index (χ2v) is 10.4. The SMILES string of the molecule is COCCN1CC(c2sc(C)nc2C)[C@H](NC(=O)Nc2c3c(nn2-c2ccccc2)CCC3)C1. The first-order valence-electron chi connectivity index (χ1n) is 11.9. The van der Waals surface area contributed by atoms with E-state index in [9.17, 15) is 4.79 Å². The zero-order valence-corrected chi connectivity index (χ0v) is 20.8. The molecule has 1 aromatic carbocycles. The summed E-state index contributed by atoms with van der Waals surface area (Å²) in [5, 5.41) is 12.3. The van der Waals surface area contributed by atoms with Crippen molar-refractivity contribution < 1.29 is 9.53 Å². The van der Waals surface area contributed by atoms with Crippen molar-refractivity contribution in [2.75, 3.05) is 38.7 Å². The van der Waals surface area contributed by atoms with E-state index in [0.717, 1.165) is 72.4 Å². The largest absolute Gasteiger partial charge is 0.383 e. The van der Waals surface area contributed by atoms with Crippen LogP contribution in [0.5, 0.6) is 0 Å². The number of nitrogens with zero attached hydrogens (tertiary/aromatic N) is 4. The maximum Gasteiger partial charge on any atom is 0.320 e. The van der Waals surface area contributed by atoms with Crippen molar-refractivity contribution in [3.63, 3.8) is 0 Å². The summed E-state index contributed by atoms with van der Waals surface area (Å²) in [5.74, 6) is 0.991. The second kappa shape index (κ2) is 9.85. The van der Waals surface area contributed by atoms with Crippen LogP contribution in [0.4, 0.5) is 10.6 Å². The Hall–Kier alpha value is -2.75. The lowest BCUT2D eigenvalue weighted by Gasteiger charge is -2.20. The van der Waals surface area contributed by atoms with Crippen LogP contribution in [0.3, 0.4) is 0 Å². The number of amides is 2. The van der Waals surface area contributed by atoms with E-state index in [0.29, 0.717) is 6.61 Å². The standard InChI is InChI=1S/C25H32N6O2S/c1-16-23(34-17(2)26-16)20-14-30(12-13-33-3)15-22(20)27-25(32)28-24-19-10-7-11-21(19)29-31(24)18-8-5-4-6-9-18/h4-6,8-9,20,22H,7,10-15H2,1-3H3,(H2,27,28,32)/t20?,22-/m1/s1. The third kappa shape index (κ3) is 4.60. The van der Waals surface area contributed by atoms with E-state index in [1.165, 1.54) is 4.88 Å². The molecule has 0 bridgehead atoms. The zero-order valence-electron chi connectivity index (χ0n) is 20.0. The number of hydrogen-bond acceptors (Lipinski definition) is 6. The van der Waals surface area contributed by atoms with Gasteiger partial charge in [-0.25, -0.2) is 14.5 Å². The Labute approximate surface area is 204 Å². The number of fused-ring (bicyclic) bond motifs is 1. The van der Waals surface area contributed by atoms with E-state index in [2.05, 4.69) is 27.4 Å². The molecule has 180 valence electrons. The number of aromatic nitrogens is 3. The van der Waals surface area contributed by atoms with Crippen molar-refractivity contribution in [3.8, 4) is 5.69 Å². The number of carbonyl (C=O) groups is 1. The number of likely N-dealkylation sites (tertiary alicyclic amines) is 1. The van der Waals surface area contributed by atoms with Gasteiger partial charge in [0, 0.05) is 43.1 Å². The maximum atomic E-state index is 13.3. The molecule has 34 heavy (non-hydrogen) atoms. The summed E-state index contributed by atoms with van der Waals surface area (Å²) in [4.78, 5) is 21.6. The van der Waals surface area contributed by atoms with Crippen LogP contribution < -0.4 is 10.6 Å². The minimum Gasteiger partial charge on any atom is -0.383 e. The Kier molecular flexibility index (Phi) is 6.67. The summed E-state index contributed by atoms with van der Waals surface area (Å²) in [6.45, 7) is 7.30. The first-order chi connectivity index (χ1) is 16.5. The molecule has 0 spiro atoms. The smallest absolute Gasteiger partial charge is 0.320 e. The summed E-state index contributed by atoms with van der Waals surface area (Å²) in [7, 11) is 1.72. The highest BCUT2D eigenvalue weighted by Crippen LogP contribution is 2.34. The van der Waals surface area contributed by atoms with Crippen LogP contribution in [0.25, 0.3) is 5.69 Å². The number of carbonyl (C=O) groups excluding carboxylic acids is 1. The Morgan fingerprint density at radius 2 is 2.03 bits per heavy atom. The number of benzene rings is 1. The molecule has 8 nitrogen and oxygen atoms in total. The number of urea groups is 1. The van der Waals surface area contributed by atoms with Gasteiger partial charge in [0.1, 0.15) is 5.82 Å². The molecule has 5 rings (SSSR count). The van der Waals surface area contributed by atoms with Gasteiger partial charge in [-0.15, -0.1) is 11.3 Å². The first kappa shape index (κ1) is 23.0. The van der Waals surface area contributed by atoms with Crippen molar-refractivity contribution in [3.05, 3.63) is 57.2 Å². The number of rotatable bonds is 7. The highest BCUT2D eigenvalue weighted by atomic mass is 32.1. The van der Waals surface area contributed by atoms with Crippen LogP contribution in [-0.2, 0) is 17.6 Å². The van der Waals surface area contributed by atoms with Crippen LogP contribution >= 0.6 is 11.3 Å². The van der Waals surface area contributed by atoms with E-state index in [1.807, 2.05) is 41.9 Å². The van der Waals surface area contributed by atoms with Gasteiger partial charge in [0.15, 0.2) is 0 Å². The molecule has 1 aliphatic carbocycles. The molecular formula is C25H32N6O2S. The number of nitrogens with one attached hydrogen (secondary N) is 2. The van der Waals surface area contributed by atoms with Crippen molar-refractivity contribution in [1.29, 1.82) is 0 Å². The zero-order chi connectivity index (χ0) is 23.7. The summed E-state index contributed by atoms with van der Waals surface area (Å²) < 4.78 is 7.17. The summed E-state index contributed by atoms with van der Waals surface area (Å²) in [5.41, 5.74) is 4.25. The quantitative estimate of drug-likeness (QED) is 0.539. The van der Waals surface area contributed by atoms with Crippen LogP contribution in [0.1, 0.15) is 39.2 Å². The second-order valence-electron chi connectivity index (χ2n) is 9.12. The Balaban J connectivity index is 1.37. The van der Waals surface area contributed by atoms with Gasteiger partial charge in [-0.2, -0.15) is 5.10 Å². The van der Waals surface area contributed by atoms with Gasteiger partial charge in [0.25, 0.3) is 0 Å². The molecule has 3 aromatic rings. The normalized spacial score (nSPS) is 20.0. The fraction of sp³-hybridized carbons (Fsp3) is 0.480. The number of methoxy groups -OCH3 is 1. The minimum atomic E-state index is -0.186. The highest BCUT2D eigenvalue weighted by molar-refractivity contribution is 7.11. The molecule has 2 atom stereocenters. The number of hydrogen-bond donors (Lipinski definition) is 2. The molecule has 1 aliphatic heterocycles. The number of anilines is 1. The lowest BCUT2D eigenvalue weighted by molar-refractivity contribution is 0.159. The summed E-state index contributed by atoms with van der Waals surface area (Å²) in [6.07, 6.45) is 2.97. The molecule has 2 N–H and O–H groups in total. The van der Waals surface area contributed by atoms with Crippen LogP contribution in [0, 0.1) is 13.8 Å². The van der Waals surface area contributed by atoms with Crippen LogP contribution in [0.15, 0.2) is 30.3 Å². The topological polar surface area (TPSA) is 84.3 Å². The van der Waals surface area contributed by atoms with E-state index in [4.69, 9.17) is 9.84 Å². The van der Waals surface area contributed by atoms with E-state index in [-0.39, 0.29) is 18.0 Å².